The minimum atomic E-state index is -0.0178. The van der Waals surface area contributed by atoms with Crippen molar-refractivity contribution in [2.24, 2.45) is 0 Å². The van der Waals surface area contributed by atoms with Crippen LogP contribution in [0.1, 0.15) is 12.8 Å². The molecular weight excluding hydrogens is 376 g/mol. The van der Waals surface area contributed by atoms with Crippen LogP contribution in [0.25, 0.3) is 22.8 Å². The van der Waals surface area contributed by atoms with Gasteiger partial charge in [-0.2, -0.15) is 4.98 Å². The monoisotopic (exact) mass is 396 g/mol. The van der Waals surface area contributed by atoms with E-state index < -0.39 is 0 Å². The van der Waals surface area contributed by atoms with Gasteiger partial charge in [-0.1, -0.05) is 47.3 Å². The average molecular weight is 396 g/mol. The Morgan fingerprint density at radius 3 is 2.82 bits per heavy atom. The number of ether oxygens (including phenoxy) is 1. The molecule has 1 fully saturated rings. The van der Waals surface area contributed by atoms with E-state index in [0.717, 1.165) is 35.6 Å². The van der Waals surface area contributed by atoms with E-state index in [1.54, 1.807) is 6.20 Å². The fourth-order valence-electron chi connectivity index (χ4n) is 2.86. The third kappa shape index (κ3) is 4.76. The number of nitrogens with zero attached hydrogens (tertiary/aromatic N) is 3. The highest BCUT2D eigenvalue weighted by Gasteiger charge is 2.16. The number of nitrogens with one attached hydrogen (secondary N) is 1. The quantitative estimate of drug-likeness (QED) is 0.613. The first-order valence-electron chi connectivity index (χ1n) is 9.14. The van der Waals surface area contributed by atoms with Crippen molar-refractivity contribution in [3.63, 3.8) is 0 Å². The second-order valence-corrected chi connectivity index (χ2v) is 7.40. The van der Waals surface area contributed by atoms with Gasteiger partial charge in [-0.25, -0.2) is 4.98 Å². The lowest BCUT2D eigenvalue weighted by Gasteiger charge is -2.10. The summed E-state index contributed by atoms with van der Waals surface area (Å²) in [5, 5.41) is 7.68. The third-order valence-corrected chi connectivity index (χ3v) is 5.29. The van der Waals surface area contributed by atoms with Gasteiger partial charge in [0.15, 0.2) is 0 Å². The van der Waals surface area contributed by atoms with Crippen LogP contribution < -0.4 is 5.32 Å². The molecule has 28 heavy (non-hydrogen) atoms. The van der Waals surface area contributed by atoms with Gasteiger partial charge in [-0.3, -0.25) is 4.79 Å². The average Bonchev–Trinajstić information content (AvgIpc) is 3.44. The van der Waals surface area contributed by atoms with Crippen LogP contribution in [-0.4, -0.2) is 46.0 Å². The predicted molar refractivity (Wildman–Crippen MR) is 106 cm³/mol. The smallest absolute Gasteiger partial charge is 0.259 e. The molecule has 1 N–H and O–H groups in total. The molecule has 7 nitrogen and oxygen atoms in total. The van der Waals surface area contributed by atoms with E-state index >= 15 is 0 Å². The number of carbonyl (C=O) groups excluding carboxylic acids is 1. The van der Waals surface area contributed by atoms with Gasteiger partial charge < -0.3 is 14.6 Å². The second-order valence-electron chi connectivity index (χ2n) is 6.40. The third-order valence-electron chi connectivity index (χ3n) is 4.34. The first-order chi connectivity index (χ1) is 13.8. The highest BCUT2D eigenvalue weighted by molar-refractivity contribution is 7.99. The van der Waals surface area contributed by atoms with Crippen LogP contribution in [0.2, 0.25) is 0 Å². The molecular formula is C20H20N4O3S. The van der Waals surface area contributed by atoms with Gasteiger partial charge in [-0.05, 0) is 25.0 Å². The number of aromatic nitrogens is 3. The van der Waals surface area contributed by atoms with E-state index in [1.165, 1.54) is 11.8 Å². The van der Waals surface area contributed by atoms with E-state index in [1.807, 2.05) is 42.5 Å². The van der Waals surface area contributed by atoms with Gasteiger partial charge in [0, 0.05) is 24.9 Å². The molecule has 1 aromatic carbocycles. The highest BCUT2D eigenvalue weighted by Crippen LogP contribution is 2.23. The summed E-state index contributed by atoms with van der Waals surface area (Å²) in [6, 6.07) is 13.4. The van der Waals surface area contributed by atoms with E-state index in [2.05, 4.69) is 20.4 Å². The summed E-state index contributed by atoms with van der Waals surface area (Å²) >= 11 is 1.39. The summed E-state index contributed by atoms with van der Waals surface area (Å²) in [7, 11) is 0. The highest BCUT2D eigenvalue weighted by atomic mass is 32.2. The molecule has 3 aromatic rings. The normalized spacial score (nSPS) is 16.2. The lowest BCUT2D eigenvalue weighted by Crippen LogP contribution is -2.32. The lowest BCUT2D eigenvalue weighted by atomic mass is 10.2. The molecule has 1 atom stereocenters. The second kappa shape index (κ2) is 8.99. The Bertz CT molecular complexity index is 909. The van der Waals surface area contributed by atoms with Crippen molar-refractivity contribution >= 4 is 17.7 Å². The predicted octanol–water partition coefficient (Wildman–Crippen LogP) is 3.19. The molecule has 0 saturated carbocycles. The molecule has 0 bridgehead atoms. The van der Waals surface area contributed by atoms with Crippen LogP contribution in [-0.2, 0) is 9.53 Å². The molecule has 1 aliphatic heterocycles. The zero-order valence-corrected chi connectivity index (χ0v) is 16.0. The fourth-order valence-corrected chi connectivity index (χ4v) is 3.53. The molecule has 1 amide bonds. The van der Waals surface area contributed by atoms with Gasteiger partial charge in [-0.15, -0.1) is 0 Å². The summed E-state index contributed by atoms with van der Waals surface area (Å²) in [4.78, 5) is 20.7. The van der Waals surface area contributed by atoms with Gasteiger partial charge in [0.05, 0.1) is 22.4 Å². The first-order valence-corrected chi connectivity index (χ1v) is 10.1. The number of thioether (sulfide) groups is 1. The fraction of sp³-hybridized carbons (Fsp3) is 0.300. The van der Waals surface area contributed by atoms with Crippen molar-refractivity contribution < 1.29 is 14.1 Å². The Hall–Kier alpha value is -2.71. The van der Waals surface area contributed by atoms with Gasteiger partial charge in [0.2, 0.25) is 11.7 Å². The zero-order chi connectivity index (χ0) is 19.2. The molecule has 0 spiro atoms. The van der Waals surface area contributed by atoms with Crippen LogP contribution in [0, 0.1) is 0 Å². The van der Waals surface area contributed by atoms with Crippen LogP contribution in [0.5, 0.6) is 0 Å². The molecule has 0 radical (unpaired) electrons. The van der Waals surface area contributed by atoms with E-state index in [9.17, 15) is 4.79 Å². The van der Waals surface area contributed by atoms with Crippen LogP contribution in [0.15, 0.2) is 58.2 Å². The number of benzene rings is 1. The number of hydrogen-bond donors (Lipinski definition) is 1. The lowest BCUT2D eigenvalue weighted by molar-refractivity contribution is -0.119. The van der Waals surface area contributed by atoms with E-state index in [0.29, 0.717) is 24.0 Å². The van der Waals surface area contributed by atoms with Crippen molar-refractivity contribution in [2.45, 2.75) is 24.0 Å². The number of pyridine rings is 1. The molecule has 144 valence electrons. The molecule has 0 aliphatic carbocycles. The maximum absolute atomic E-state index is 12.0. The van der Waals surface area contributed by atoms with Gasteiger partial charge in [0.25, 0.3) is 5.89 Å². The van der Waals surface area contributed by atoms with Crippen molar-refractivity contribution in [1.29, 1.82) is 0 Å². The van der Waals surface area contributed by atoms with Crippen LogP contribution in [0.4, 0.5) is 0 Å². The Morgan fingerprint density at radius 2 is 2.07 bits per heavy atom. The van der Waals surface area contributed by atoms with E-state index in [4.69, 9.17) is 9.26 Å². The summed E-state index contributed by atoms with van der Waals surface area (Å²) in [5.74, 6) is 1.25. The molecule has 1 saturated heterocycles. The molecule has 3 heterocycles. The Labute approximate surface area is 166 Å². The van der Waals surface area contributed by atoms with Crippen molar-refractivity contribution in [2.75, 3.05) is 18.9 Å². The number of hydrogen-bond acceptors (Lipinski definition) is 7. The van der Waals surface area contributed by atoms with Crippen molar-refractivity contribution in [1.82, 2.24) is 20.4 Å². The first kappa shape index (κ1) is 18.6. The number of amides is 1. The maximum Gasteiger partial charge on any atom is 0.259 e. The zero-order valence-electron chi connectivity index (χ0n) is 15.2. The number of carbonyl (C=O) groups is 1. The van der Waals surface area contributed by atoms with Gasteiger partial charge in [0.1, 0.15) is 0 Å². The van der Waals surface area contributed by atoms with Crippen LogP contribution in [0.3, 0.4) is 0 Å². The summed E-state index contributed by atoms with van der Waals surface area (Å²) in [6.07, 6.45) is 3.91. The minimum Gasteiger partial charge on any atom is -0.376 e. The number of rotatable bonds is 7. The largest absolute Gasteiger partial charge is 0.376 e. The molecule has 1 aliphatic rings. The Balaban J connectivity index is 1.30. The van der Waals surface area contributed by atoms with Gasteiger partial charge >= 0.3 is 0 Å². The SMILES string of the molecule is O=C(CSc1ccc(-c2nc(-c3ccccc3)no2)cn1)NCC1CCCO1. The molecule has 1 unspecified atom stereocenters. The van der Waals surface area contributed by atoms with E-state index in [-0.39, 0.29) is 12.0 Å². The minimum absolute atomic E-state index is 0.0178. The molecule has 2 aromatic heterocycles. The Kier molecular flexibility index (Phi) is 5.98. The molecule has 4 rings (SSSR count). The maximum atomic E-state index is 12.0. The summed E-state index contributed by atoms with van der Waals surface area (Å²) in [6.45, 7) is 1.37. The Morgan fingerprint density at radius 1 is 1.18 bits per heavy atom. The van der Waals surface area contributed by atoms with Crippen LogP contribution >= 0.6 is 11.8 Å². The summed E-state index contributed by atoms with van der Waals surface area (Å²) in [5.41, 5.74) is 1.63. The topological polar surface area (TPSA) is 90.1 Å². The molecule has 8 heteroatoms. The van der Waals surface area contributed by atoms with Crippen molar-refractivity contribution in [3.05, 3.63) is 48.7 Å². The summed E-state index contributed by atoms with van der Waals surface area (Å²) < 4.78 is 10.8. The van der Waals surface area contributed by atoms with Crippen molar-refractivity contribution in [3.8, 4) is 22.8 Å². The standard InChI is InChI=1S/C20H20N4O3S/c25-17(21-12-16-7-4-10-26-16)13-28-18-9-8-15(11-22-18)20-23-19(24-27-20)14-5-2-1-3-6-14/h1-3,5-6,8-9,11,16H,4,7,10,12-13H2,(H,21,25).